The van der Waals surface area contributed by atoms with Crippen molar-refractivity contribution in [2.45, 2.75) is 32.1 Å². The van der Waals surface area contributed by atoms with Gasteiger partial charge in [0.05, 0.1) is 5.84 Å². The SMILES string of the molecule is Cc1cccc2c1CCCC2C(=N)N. The maximum atomic E-state index is 7.57. The summed E-state index contributed by atoms with van der Waals surface area (Å²) in [6, 6.07) is 6.32. The average molecular weight is 188 g/mol. The molecule has 2 heteroatoms. The van der Waals surface area contributed by atoms with E-state index in [0.29, 0.717) is 5.84 Å². The van der Waals surface area contributed by atoms with E-state index >= 15 is 0 Å². The minimum atomic E-state index is 0.165. The zero-order valence-corrected chi connectivity index (χ0v) is 8.51. The van der Waals surface area contributed by atoms with Crippen LogP contribution >= 0.6 is 0 Å². The monoisotopic (exact) mass is 188 g/mol. The van der Waals surface area contributed by atoms with E-state index in [2.05, 4.69) is 25.1 Å². The zero-order valence-electron chi connectivity index (χ0n) is 8.51. The van der Waals surface area contributed by atoms with Crippen molar-refractivity contribution in [3.63, 3.8) is 0 Å². The van der Waals surface area contributed by atoms with Gasteiger partial charge in [0, 0.05) is 5.92 Å². The summed E-state index contributed by atoms with van der Waals surface area (Å²) in [4.78, 5) is 0. The van der Waals surface area contributed by atoms with Crippen LogP contribution in [0, 0.1) is 12.3 Å². The summed E-state index contributed by atoms with van der Waals surface area (Å²) < 4.78 is 0. The number of amidine groups is 1. The molecular formula is C12H16N2. The van der Waals surface area contributed by atoms with Gasteiger partial charge in [-0.05, 0) is 42.9 Å². The first-order chi connectivity index (χ1) is 6.70. The quantitative estimate of drug-likeness (QED) is 0.516. The van der Waals surface area contributed by atoms with Crippen LogP contribution in [0.15, 0.2) is 18.2 Å². The molecule has 0 radical (unpaired) electrons. The fourth-order valence-electron chi connectivity index (χ4n) is 2.35. The Morgan fingerprint density at radius 1 is 1.50 bits per heavy atom. The van der Waals surface area contributed by atoms with Gasteiger partial charge in [-0.1, -0.05) is 18.2 Å². The maximum Gasteiger partial charge on any atom is 0.0982 e. The molecule has 1 aromatic rings. The number of aryl methyl sites for hydroxylation is 1. The number of fused-ring (bicyclic) bond motifs is 1. The van der Waals surface area contributed by atoms with Crippen LogP contribution in [-0.2, 0) is 6.42 Å². The first kappa shape index (κ1) is 9.25. The lowest BCUT2D eigenvalue weighted by molar-refractivity contribution is 0.642. The summed E-state index contributed by atoms with van der Waals surface area (Å²) in [7, 11) is 0. The number of hydrogen-bond donors (Lipinski definition) is 2. The molecule has 0 heterocycles. The molecule has 2 rings (SSSR count). The molecule has 74 valence electrons. The molecule has 0 amide bonds. The predicted octanol–water partition coefficient (Wildman–Crippen LogP) is 2.35. The summed E-state index contributed by atoms with van der Waals surface area (Å²) in [5, 5.41) is 7.57. The molecule has 0 aromatic heterocycles. The van der Waals surface area contributed by atoms with Crippen molar-refractivity contribution < 1.29 is 0 Å². The standard InChI is InChI=1S/C12H16N2/c1-8-4-2-6-10-9(8)5-3-7-11(10)12(13)14/h2,4,6,11H,3,5,7H2,1H3,(H3,13,14). The highest BCUT2D eigenvalue weighted by atomic mass is 14.7. The maximum absolute atomic E-state index is 7.57. The second-order valence-corrected chi connectivity index (χ2v) is 4.04. The predicted molar refractivity (Wildman–Crippen MR) is 58.8 cm³/mol. The third-order valence-corrected chi connectivity index (χ3v) is 3.12. The van der Waals surface area contributed by atoms with Crippen molar-refractivity contribution in [2.75, 3.05) is 0 Å². The number of rotatable bonds is 1. The Morgan fingerprint density at radius 2 is 2.29 bits per heavy atom. The van der Waals surface area contributed by atoms with Crippen molar-refractivity contribution in [2.24, 2.45) is 5.73 Å². The van der Waals surface area contributed by atoms with Crippen LogP contribution in [0.25, 0.3) is 0 Å². The minimum absolute atomic E-state index is 0.165. The van der Waals surface area contributed by atoms with Crippen LogP contribution in [0.3, 0.4) is 0 Å². The van der Waals surface area contributed by atoms with Gasteiger partial charge >= 0.3 is 0 Å². The normalized spacial score (nSPS) is 20.2. The molecule has 2 nitrogen and oxygen atoms in total. The van der Waals surface area contributed by atoms with Gasteiger partial charge in [0.25, 0.3) is 0 Å². The molecule has 3 N–H and O–H groups in total. The molecule has 0 saturated heterocycles. The van der Waals surface area contributed by atoms with E-state index in [1.807, 2.05) is 0 Å². The molecule has 1 aromatic carbocycles. The lowest BCUT2D eigenvalue weighted by Crippen LogP contribution is -2.24. The summed E-state index contributed by atoms with van der Waals surface area (Å²) in [6.45, 7) is 2.14. The minimum Gasteiger partial charge on any atom is -0.387 e. The van der Waals surface area contributed by atoms with Crippen molar-refractivity contribution in [3.05, 3.63) is 34.9 Å². The Balaban J connectivity index is 2.49. The fraction of sp³-hybridized carbons (Fsp3) is 0.417. The Bertz CT molecular complexity index is 369. The lowest BCUT2D eigenvalue weighted by Gasteiger charge is -2.25. The lowest BCUT2D eigenvalue weighted by atomic mass is 9.80. The molecule has 1 atom stereocenters. The van der Waals surface area contributed by atoms with E-state index < -0.39 is 0 Å². The van der Waals surface area contributed by atoms with Gasteiger partial charge in [-0.3, -0.25) is 5.41 Å². The highest BCUT2D eigenvalue weighted by molar-refractivity contribution is 5.85. The molecular weight excluding hydrogens is 172 g/mol. The summed E-state index contributed by atoms with van der Waals surface area (Å²) in [5.74, 6) is 0.482. The Kier molecular flexibility index (Phi) is 2.28. The van der Waals surface area contributed by atoms with Gasteiger partial charge in [-0.25, -0.2) is 0 Å². The van der Waals surface area contributed by atoms with Crippen molar-refractivity contribution in [1.29, 1.82) is 5.41 Å². The largest absolute Gasteiger partial charge is 0.387 e. The smallest absolute Gasteiger partial charge is 0.0982 e. The molecule has 1 aliphatic carbocycles. The summed E-state index contributed by atoms with van der Waals surface area (Å²) in [5.41, 5.74) is 9.65. The third kappa shape index (κ3) is 1.41. The first-order valence-electron chi connectivity index (χ1n) is 5.12. The van der Waals surface area contributed by atoms with Crippen LogP contribution in [0.2, 0.25) is 0 Å². The van der Waals surface area contributed by atoms with Crippen molar-refractivity contribution >= 4 is 5.84 Å². The topological polar surface area (TPSA) is 49.9 Å². The van der Waals surface area contributed by atoms with Gasteiger partial charge in [-0.2, -0.15) is 0 Å². The van der Waals surface area contributed by atoms with Gasteiger partial charge in [0.2, 0.25) is 0 Å². The molecule has 0 spiro atoms. The molecule has 1 aliphatic rings. The molecule has 0 fully saturated rings. The number of hydrogen-bond acceptors (Lipinski definition) is 1. The van der Waals surface area contributed by atoms with Crippen LogP contribution in [-0.4, -0.2) is 5.84 Å². The van der Waals surface area contributed by atoms with E-state index in [4.69, 9.17) is 11.1 Å². The Labute approximate surface area is 84.6 Å². The second kappa shape index (κ2) is 3.45. The number of benzene rings is 1. The van der Waals surface area contributed by atoms with E-state index in [9.17, 15) is 0 Å². The first-order valence-corrected chi connectivity index (χ1v) is 5.12. The summed E-state index contributed by atoms with van der Waals surface area (Å²) in [6.07, 6.45) is 3.33. The highest BCUT2D eigenvalue weighted by Gasteiger charge is 2.22. The molecule has 0 aliphatic heterocycles. The zero-order chi connectivity index (χ0) is 10.1. The Hall–Kier alpha value is -1.31. The van der Waals surface area contributed by atoms with Crippen LogP contribution < -0.4 is 5.73 Å². The van der Waals surface area contributed by atoms with E-state index in [1.54, 1.807) is 0 Å². The molecule has 0 bridgehead atoms. The highest BCUT2D eigenvalue weighted by Crippen LogP contribution is 2.32. The van der Waals surface area contributed by atoms with Crippen molar-refractivity contribution in [1.82, 2.24) is 0 Å². The fourth-order valence-corrected chi connectivity index (χ4v) is 2.35. The van der Waals surface area contributed by atoms with E-state index in [1.165, 1.54) is 16.7 Å². The average Bonchev–Trinajstić information content (AvgIpc) is 2.17. The number of nitrogens with two attached hydrogens (primary N) is 1. The van der Waals surface area contributed by atoms with Gasteiger partial charge in [0.15, 0.2) is 0 Å². The van der Waals surface area contributed by atoms with Crippen LogP contribution in [0.4, 0.5) is 0 Å². The molecule has 1 unspecified atom stereocenters. The van der Waals surface area contributed by atoms with E-state index in [0.717, 1.165) is 19.3 Å². The van der Waals surface area contributed by atoms with Crippen LogP contribution in [0.5, 0.6) is 0 Å². The van der Waals surface area contributed by atoms with Crippen LogP contribution in [0.1, 0.15) is 35.4 Å². The van der Waals surface area contributed by atoms with Gasteiger partial charge < -0.3 is 5.73 Å². The third-order valence-electron chi connectivity index (χ3n) is 3.12. The van der Waals surface area contributed by atoms with Gasteiger partial charge in [0.1, 0.15) is 0 Å². The summed E-state index contributed by atoms with van der Waals surface area (Å²) >= 11 is 0. The van der Waals surface area contributed by atoms with Crippen molar-refractivity contribution in [3.8, 4) is 0 Å². The molecule has 0 saturated carbocycles. The molecule has 14 heavy (non-hydrogen) atoms. The second-order valence-electron chi connectivity index (χ2n) is 4.04. The van der Waals surface area contributed by atoms with E-state index in [-0.39, 0.29) is 5.92 Å². The Morgan fingerprint density at radius 3 is 3.00 bits per heavy atom. The number of nitrogens with one attached hydrogen (secondary N) is 1. The van der Waals surface area contributed by atoms with Gasteiger partial charge in [-0.15, -0.1) is 0 Å².